The summed E-state index contributed by atoms with van der Waals surface area (Å²) < 4.78 is 12.3. The van der Waals surface area contributed by atoms with Gasteiger partial charge in [-0.3, -0.25) is 4.79 Å². The minimum Gasteiger partial charge on any atom is -0.507 e. The fourth-order valence-electron chi connectivity index (χ4n) is 4.34. The van der Waals surface area contributed by atoms with Crippen molar-refractivity contribution in [3.8, 4) is 11.5 Å². The molecule has 0 atom stereocenters. The second kappa shape index (κ2) is 10.6. The van der Waals surface area contributed by atoms with E-state index in [9.17, 15) is 9.90 Å². The van der Waals surface area contributed by atoms with Crippen molar-refractivity contribution in [3.05, 3.63) is 83.4 Å². The topological polar surface area (TPSA) is 79.8 Å². The zero-order valence-electron chi connectivity index (χ0n) is 21.6. The molecule has 0 saturated carbocycles. The number of para-hydroxylation sites is 2. The highest BCUT2D eigenvalue weighted by molar-refractivity contribution is 5.99. The smallest absolute Gasteiger partial charge is 0.244 e. The van der Waals surface area contributed by atoms with Gasteiger partial charge in [-0.1, -0.05) is 63.2 Å². The molecule has 1 aliphatic heterocycles. The summed E-state index contributed by atoms with van der Waals surface area (Å²) in [5.41, 5.74) is 3.82. The van der Waals surface area contributed by atoms with Crippen LogP contribution in [0.3, 0.4) is 0 Å². The first-order valence-electron chi connectivity index (χ1n) is 12.5. The number of fused-ring (bicyclic) bond motifs is 1. The van der Waals surface area contributed by atoms with Crippen LogP contribution in [0.1, 0.15) is 61.5 Å². The van der Waals surface area contributed by atoms with Gasteiger partial charge in [-0.15, -0.1) is 0 Å². The maximum absolute atomic E-state index is 12.6. The van der Waals surface area contributed by atoms with Crippen LogP contribution in [-0.2, 0) is 10.6 Å². The molecule has 6 heteroatoms. The number of Topliss-reactive ketones (excluding diaryl/α,β-unsaturated/α-hetero) is 1. The van der Waals surface area contributed by atoms with Crippen LogP contribution in [0.5, 0.6) is 11.5 Å². The number of ketones is 1. The van der Waals surface area contributed by atoms with Crippen molar-refractivity contribution in [1.82, 2.24) is 0 Å². The lowest BCUT2D eigenvalue weighted by atomic mass is 9.87. The number of anilines is 2. The highest BCUT2D eigenvalue weighted by atomic mass is 16.5. The number of aromatic hydroxyl groups is 1. The summed E-state index contributed by atoms with van der Waals surface area (Å²) in [5.74, 6) is -0.275. The molecule has 0 radical (unpaired) electrons. The first kappa shape index (κ1) is 25.6. The van der Waals surface area contributed by atoms with Gasteiger partial charge in [0.1, 0.15) is 11.5 Å². The van der Waals surface area contributed by atoms with Gasteiger partial charge >= 0.3 is 0 Å². The van der Waals surface area contributed by atoms with Crippen molar-refractivity contribution in [2.45, 2.75) is 52.8 Å². The van der Waals surface area contributed by atoms with E-state index in [1.54, 1.807) is 19.1 Å². The Bertz CT molecular complexity index is 1180. The highest BCUT2D eigenvalue weighted by Crippen LogP contribution is 2.40. The van der Waals surface area contributed by atoms with E-state index in [1.165, 1.54) is 0 Å². The molecular formula is C30H36N2O4. The standard InChI is InChI=1S/C30H36N2O4/c1-21-27(17-16-23(28(21)34)26(33)20-29(2,3)4)35-18-10-11-19-36-30(22-12-6-5-7-13-22)31-24-14-8-9-15-25(24)32-30/h5-9,12-17,31-32,34H,10-11,18-20H2,1-4H3. The highest BCUT2D eigenvalue weighted by Gasteiger charge is 2.39. The zero-order valence-corrected chi connectivity index (χ0v) is 21.6. The molecule has 3 aromatic rings. The normalized spacial score (nSPS) is 14.0. The molecule has 6 nitrogen and oxygen atoms in total. The summed E-state index contributed by atoms with van der Waals surface area (Å²) in [6.45, 7) is 8.81. The largest absolute Gasteiger partial charge is 0.507 e. The number of carbonyl (C=O) groups excluding carboxylic acids is 1. The van der Waals surface area contributed by atoms with Crippen molar-refractivity contribution in [1.29, 1.82) is 0 Å². The van der Waals surface area contributed by atoms with Crippen LogP contribution in [0.25, 0.3) is 0 Å². The Morgan fingerprint density at radius 1 is 0.889 bits per heavy atom. The first-order chi connectivity index (χ1) is 17.2. The lowest BCUT2D eigenvalue weighted by Gasteiger charge is -2.31. The molecule has 0 aliphatic carbocycles. The Hall–Kier alpha value is -3.51. The van der Waals surface area contributed by atoms with E-state index in [1.807, 2.05) is 75.4 Å². The van der Waals surface area contributed by atoms with Gasteiger partial charge in [-0.05, 0) is 49.4 Å². The molecule has 1 heterocycles. The number of rotatable bonds is 10. The fourth-order valence-corrected chi connectivity index (χ4v) is 4.34. The molecule has 0 amide bonds. The summed E-state index contributed by atoms with van der Waals surface area (Å²) in [6, 6.07) is 21.6. The van der Waals surface area contributed by atoms with Crippen LogP contribution in [0.2, 0.25) is 0 Å². The average Bonchev–Trinajstić information content (AvgIpc) is 3.23. The number of ether oxygens (including phenoxy) is 2. The van der Waals surface area contributed by atoms with Crippen molar-refractivity contribution < 1.29 is 19.4 Å². The molecule has 0 aromatic heterocycles. The summed E-state index contributed by atoms with van der Waals surface area (Å²) in [7, 11) is 0. The third-order valence-electron chi connectivity index (χ3n) is 6.22. The quantitative estimate of drug-likeness (QED) is 0.214. The van der Waals surface area contributed by atoms with Crippen LogP contribution in [0.15, 0.2) is 66.7 Å². The second-order valence-electron chi connectivity index (χ2n) is 10.5. The molecule has 190 valence electrons. The molecule has 1 aliphatic rings. The van der Waals surface area contributed by atoms with E-state index >= 15 is 0 Å². The van der Waals surface area contributed by atoms with Crippen molar-refractivity contribution in [2.24, 2.45) is 5.41 Å². The average molecular weight is 489 g/mol. The van der Waals surface area contributed by atoms with E-state index in [0.717, 1.165) is 29.8 Å². The van der Waals surface area contributed by atoms with E-state index in [-0.39, 0.29) is 16.9 Å². The molecule has 3 N–H and O–H groups in total. The van der Waals surface area contributed by atoms with E-state index < -0.39 is 5.85 Å². The Kier molecular flexibility index (Phi) is 7.55. The lowest BCUT2D eigenvalue weighted by molar-refractivity contribution is -0.00556. The van der Waals surface area contributed by atoms with Gasteiger partial charge in [-0.2, -0.15) is 0 Å². The Morgan fingerprint density at radius 3 is 2.14 bits per heavy atom. The number of unbranched alkanes of at least 4 members (excludes halogenated alkanes) is 1. The van der Waals surface area contributed by atoms with E-state index in [4.69, 9.17) is 9.47 Å². The van der Waals surface area contributed by atoms with Crippen molar-refractivity contribution in [2.75, 3.05) is 23.8 Å². The SMILES string of the molecule is Cc1c(OCCCCOC2(c3ccccc3)Nc3ccccc3N2)ccc(C(=O)CC(C)(C)C)c1O. The van der Waals surface area contributed by atoms with Crippen LogP contribution >= 0.6 is 0 Å². The Balaban J connectivity index is 1.31. The maximum atomic E-state index is 12.6. The number of phenols is 1. The number of carbonyl (C=O) groups is 1. The third kappa shape index (κ3) is 5.82. The second-order valence-corrected chi connectivity index (χ2v) is 10.5. The number of hydrogen-bond acceptors (Lipinski definition) is 6. The van der Waals surface area contributed by atoms with Crippen LogP contribution in [0.4, 0.5) is 11.4 Å². The molecule has 4 rings (SSSR count). The van der Waals surface area contributed by atoms with E-state index in [0.29, 0.717) is 36.5 Å². The van der Waals surface area contributed by atoms with Crippen LogP contribution in [0, 0.1) is 12.3 Å². The van der Waals surface area contributed by atoms with Crippen LogP contribution < -0.4 is 15.4 Å². The minimum atomic E-state index is -0.816. The van der Waals surface area contributed by atoms with Gasteiger partial charge in [0.2, 0.25) is 5.85 Å². The van der Waals surface area contributed by atoms with Crippen LogP contribution in [-0.4, -0.2) is 24.1 Å². The third-order valence-corrected chi connectivity index (χ3v) is 6.22. The summed E-state index contributed by atoms with van der Waals surface area (Å²) in [6.07, 6.45) is 1.95. The minimum absolute atomic E-state index is 0.00725. The van der Waals surface area contributed by atoms with Gasteiger partial charge in [0, 0.05) is 17.5 Å². The predicted molar refractivity (Wildman–Crippen MR) is 144 cm³/mol. The van der Waals surface area contributed by atoms with Crippen molar-refractivity contribution in [3.63, 3.8) is 0 Å². The van der Waals surface area contributed by atoms with Crippen molar-refractivity contribution >= 4 is 17.2 Å². The molecular weight excluding hydrogens is 452 g/mol. The van der Waals surface area contributed by atoms with Gasteiger partial charge in [0.05, 0.1) is 30.2 Å². The molecule has 0 bridgehead atoms. The summed E-state index contributed by atoms with van der Waals surface area (Å²) in [4.78, 5) is 12.6. The first-order valence-corrected chi connectivity index (χ1v) is 12.5. The molecule has 36 heavy (non-hydrogen) atoms. The molecule has 0 fully saturated rings. The number of benzene rings is 3. The summed E-state index contributed by atoms with van der Waals surface area (Å²) in [5, 5.41) is 17.6. The van der Waals surface area contributed by atoms with E-state index in [2.05, 4.69) is 10.6 Å². The lowest BCUT2D eigenvalue weighted by Crippen LogP contribution is -2.42. The Labute approximate surface area is 213 Å². The van der Waals surface area contributed by atoms with Gasteiger partial charge in [0.15, 0.2) is 5.78 Å². The summed E-state index contributed by atoms with van der Waals surface area (Å²) >= 11 is 0. The number of nitrogens with one attached hydrogen (secondary N) is 2. The molecule has 0 saturated heterocycles. The Morgan fingerprint density at radius 2 is 1.50 bits per heavy atom. The zero-order chi connectivity index (χ0) is 25.8. The number of phenolic OH excluding ortho intramolecular Hbond substituents is 1. The molecule has 0 spiro atoms. The maximum Gasteiger partial charge on any atom is 0.244 e. The van der Waals surface area contributed by atoms with Gasteiger partial charge in [-0.25, -0.2) is 0 Å². The molecule has 0 unspecified atom stereocenters. The molecule has 3 aromatic carbocycles. The number of hydrogen-bond donors (Lipinski definition) is 3. The fraction of sp³-hybridized carbons (Fsp3) is 0.367. The monoisotopic (exact) mass is 488 g/mol. The van der Waals surface area contributed by atoms with Gasteiger partial charge < -0.3 is 25.2 Å². The predicted octanol–water partition coefficient (Wildman–Crippen LogP) is 6.84. The van der Waals surface area contributed by atoms with Gasteiger partial charge in [0.25, 0.3) is 0 Å².